The van der Waals surface area contributed by atoms with Gasteiger partial charge in [-0.15, -0.1) is 0 Å². The number of nitrogens with zero attached hydrogens (tertiary/aromatic N) is 2. The number of fused-ring (bicyclic) bond motifs is 1. The van der Waals surface area contributed by atoms with E-state index >= 15 is 0 Å². The maximum Gasteiger partial charge on any atom is 0.414 e. The molecule has 168 valence electrons. The van der Waals surface area contributed by atoms with Gasteiger partial charge in [-0.3, -0.25) is 0 Å². The van der Waals surface area contributed by atoms with Crippen LogP contribution in [0.15, 0.2) is 5.16 Å². The number of carboxylic acid groups (broad SMARTS) is 2. The fraction of sp³-hybridized carbons (Fsp3) is 0.850. The molecule has 0 aromatic carbocycles. The van der Waals surface area contributed by atoms with Crippen LogP contribution in [0, 0.1) is 17.3 Å². The largest absolute Gasteiger partial charge is 0.473 e. The second kappa shape index (κ2) is 11.5. The summed E-state index contributed by atoms with van der Waals surface area (Å²) < 4.78 is 0. The number of hydrogen-bond donors (Lipinski definition) is 4. The fourth-order valence-corrected chi connectivity index (χ4v) is 4.58. The van der Waals surface area contributed by atoms with Gasteiger partial charge >= 0.3 is 11.9 Å². The van der Waals surface area contributed by atoms with E-state index in [1.165, 1.54) is 19.3 Å². The van der Waals surface area contributed by atoms with Gasteiger partial charge in [-0.2, -0.15) is 0 Å². The lowest BCUT2D eigenvalue weighted by atomic mass is 9.60. The topological polar surface area (TPSA) is 146 Å². The summed E-state index contributed by atoms with van der Waals surface area (Å²) in [5, 5.41) is 30.1. The molecule has 9 nitrogen and oxygen atoms in total. The summed E-state index contributed by atoms with van der Waals surface area (Å²) in [6.45, 7) is 4.33. The summed E-state index contributed by atoms with van der Waals surface area (Å²) in [5.41, 5.74) is 4.82. The molecule has 2 aliphatic rings. The van der Waals surface area contributed by atoms with E-state index in [2.05, 4.69) is 31.1 Å². The highest BCUT2D eigenvalue weighted by atomic mass is 16.6. The van der Waals surface area contributed by atoms with Crippen molar-refractivity contribution in [3.8, 4) is 0 Å². The molecule has 2 aliphatic carbocycles. The Morgan fingerprint density at radius 3 is 2.45 bits per heavy atom. The van der Waals surface area contributed by atoms with Crippen molar-refractivity contribution >= 4 is 18.2 Å². The van der Waals surface area contributed by atoms with Gasteiger partial charge in [0.05, 0.1) is 5.60 Å². The Bertz CT molecular complexity index is 558. The highest BCUT2D eigenvalue weighted by Crippen LogP contribution is 2.59. The van der Waals surface area contributed by atoms with Crippen molar-refractivity contribution in [2.24, 2.45) is 28.1 Å². The van der Waals surface area contributed by atoms with E-state index in [4.69, 9.17) is 30.4 Å². The van der Waals surface area contributed by atoms with Crippen LogP contribution >= 0.6 is 0 Å². The summed E-state index contributed by atoms with van der Waals surface area (Å²) in [7, 11) is 4.25. The minimum absolute atomic E-state index is 0.0549. The summed E-state index contributed by atoms with van der Waals surface area (Å²) in [5.74, 6) is -2.67. The molecule has 9 heteroatoms. The molecule has 0 saturated heterocycles. The first kappa shape index (κ1) is 25.3. The molecule has 2 rings (SSSR count). The lowest BCUT2D eigenvalue weighted by Gasteiger charge is -2.48. The standard InChI is InChI=1S/C18H35N3O2.C2H2O4/c1-17-8-6-15(5-4-11-21(2)3)13-18(17,22)9-7-16(17)14-20-23-12-10-19;3-1(4)2(5)6/h14-16,22H,4-13,19H2,1-3H3;(H,3,4)(H,5,6)/b20-14+;/t15-,16+,17+,18-;/m0./s1. The monoisotopic (exact) mass is 415 g/mol. The predicted octanol–water partition coefficient (Wildman–Crippen LogP) is 1.39. The minimum Gasteiger partial charge on any atom is -0.473 e. The van der Waals surface area contributed by atoms with Crippen molar-refractivity contribution in [1.29, 1.82) is 0 Å². The quantitative estimate of drug-likeness (QED) is 0.201. The van der Waals surface area contributed by atoms with Gasteiger partial charge in [-0.25, -0.2) is 9.59 Å². The summed E-state index contributed by atoms with van der Waals surface area (Å²) in [6, 6.07) is 0. The van der Waals surface area contributed by atoms with Crippen LogP contribution in [0.2, 0.25) is 0 Å². The van der Waals surface area contributed by atoms with Gasteiger partial charge in [0.1, 0.15) is 6.61 Å². The molecular formula is C20H37N3O6. The van der Waals surface area contributed by atoms with Gasteiger partial charge in [-0.1, -0.05) is 12.1 Å². The number of aliphatic carboxylic acids is 2. The lowest BCUT2D eigenvalue weighted by molar-refractivity contribution is -0.159. The number of rotatable bonds is 8. The van der Waals surface area contributed by atoms with Gasteiger partial charge in [0.2, 0.25) is 0 Å². The van der Waals surface area contributed by atoms with Crippen LogP contribution in [0.4, 0.5) is 0 Å². The van der Waals surface area contributed by atoms with Crippen LogP contribution in [0.5, 0.6) is 0 Å². The normalized spacial score (nSPS) is 31.2. The van der Waals surface area contributed by atoms with E-state index in [1.807, 2.05) is 6.21 Å². The van der Waals surface area contributed by atoms with Gasteiger partial charge in [0, 0.05) is 24.1 Å². The first-order valence-corrected chi connectivity index (χ1v) is 10.2. The van der Waals surface area contributed by atoms with E-state index in [-0.39, 0.29) is 5.41 Å². The molecule has 0 amide bonds. The Kier molecular flexibility index (Phi) is 10.0. The Labute approximate surface area is 172 Å². The molecule has 2 fully saturated rings. The molecule has 0 bridgehead atoms. The van der Waals surface area contributed by atoms with Crippen molar-refractivity contribution in [3.63, 3.8) is 0 Å². The lowest BCUT2D eigenvalue weighted by Crippen LogP contribution is -2.50. The Balaban J connectivity index is 0.000000612. The molecular weight excluding hydrogens is 378 g/mol. The van der Waals surface area contributed by atoms with E-state index in [0.29, 0.717) is 25.0 Å². The summed E-state index contributed by atoms with van der Waals surface area (Å²) in [4.78, 5) is 25.6. The number of oxime groups is 1. The maximum atomic E-state index is 11.3. The highest BCUT2D eigenvalue weighted by molar-refractivity contribution is 6.27. The first-order chi connectivity index (χ1) is 13.6. The molecule has 0 spiro atoms. The Morgan fingerprint density at radius 1 is 1.24 bits per heavy atom. The van der Waals surface area contributed by atoms with Crippen molar-refractivity contribution in [2.75, 3.05) is 33.8 Å². The van der Waals surface area contributed by atoms with Crippen LogP contribution < -0.4 is 5.73 Å². The smallest absolute Gasteiger partial charge is 0.414 e. The van der Waals surface area contributed by atoms with Crippen molar-refractivity contribution in [3.05, 3.63) is 0 Å². The predicted molar refractivity (Wildman–Crippen MR) is 110 cm³/mol. The maximum absolute atomic E-state index is 11.3. The highest BCUT2D eigenvalue weighted by Gasteiger charge is 2.58. The molecule has 0 aromatic rings. The SMILES string of the molecule is CN(C)CCC[C@H]1CC[C@]2(C)[C@@H](/C=N/OCCN)CC[C@]2(O)C1.O=C(O)C(=O)O. The van der Waals surface area contributed by atoms with Crippen LogP contribution in [0.25, 0.3) is 0 Å². The average Bonchev–Trinajstić information content (AvgIpc) is 2.90. The third-order valence-electron chi connectivity index (χ3n) is 6.37. The molecule has 2 saturated carbocycles. The zero-order valence-corrected chi connectivity index (χ0v) is 17.8. The summed E-state index contributed by atoms with van der Waals surface area (Å²) >= 11 is 0. The molecule has 0 unspecified atom stereocenters. The molecule has 0 aliphatic heterocycles. The third-order valence-corrected chi connectivity index (χ3v) is 6.37. The number of nitrogens with two attached hydrogens (primary N) is 1. The van der Waals surface area contributed by atoms with E-state index in [9.17, 15) is 5.11 Å². The van der Waals surface area contributed by atoms with Crippen LogP contribution in [0.3, 0.4) is 0 Å². The summed E-state index contributed by atoms with van der Waals surface area (Å²) in [6.07, 6.45) is 9.53. The van der Waals surface area contributed by atoms with Crippen molar-refractivity contribution in [1.82, 2.24) is 4.90 Å². The Morgan fingerprint density at radius 2 is 1.90 bits per heavy atom. The zero-order valence-electron chi connectivity index (χ0n) is 17.8. The molecule has 0 radical (unpaired) electrons. The fourth-order valence-electron chi connectivity index (χ4n) is 4.58. The second-order valence-corrected chi connectivity index (χ2v) is 8.64. The van der Waals surface area contributed by atoms with Gasteiger partial charge in [0.15, 0.2) is 0 Å². The van der Waals surface area contributed by atoms with Gasteiger partial charge < -0.3 is 30.8 Å². The molecule has 29 heavy (non-hydrogen) atoms. The molecule has 5 N–H and O–H groups in total. The Hall–Kier alpha value is -1.71. The van der Waals surface area contributed by atoms with Gasteiger partial charge in [0.25, 0.3) is 0 Å². The number of carboxylic acids is 2. The average molecular weight is 416 g/mol. The minimum atomic E-state index is -1.82. The number of hydrogen-bond acceptors (Lipinski definition) is 7. The van der Waals surface area contributed by atoms with E-state index in [1.54, 1.807) is 0 Å². The number of carbonyl (C=O) groups is 2. The first-order valence-electron chi connectivity index (χ1n) is 10.2. The molecule has 0 aromatic heterocycles. The van der Waals surface area contributed by atoms with E-state index in [0.717, 1.165) is 32.2 Å². The number of aliphatic hydroxyl groups is 1. The molecule has 4 atom stereocenters. The van der Waals surface area contributed by atoms with E-state index < -0.39 is 17.5 Å². The van der Waals surface area contributed by atoms with Crippen LogP contribution in [-0.2, 0) is 14.4 Å². The van der Waals surface area contributed by atoms with Gasteiger partial charge in [-0.05, 0) is 71.5 Å². The van der Waals surface area contributed by atoms with Crippen LogP contribution in [0.1, 0.15) is 51.9 Å². The van der Waals surface area contributed by atoms with Crippen molar-refractivity contribution in [2.45, 2.75) is 57.5 Å². The second-order valence-electron chi connectivity index (χ2n) is 8.64. The third kappa shape index (κ3) is 7.24. The molecule has 0 heterocycles. The van der Waals surface area contributed by atoms with Crippen molar-refractivity contribution < 1.29 is 29.7 Å². The zero-order chi connectivity index (χ0) is 22.1. The van der Waals surface area contributed by atoms with Crippen LogP contribution in [-0.4, -0.2) is 77.8 Å².